The average molecular weight is 293 g/mol. The van der Waals surface area contributed by atoms with Gasteiger partial charge in [0.05, 0.1) is 29.9 Å². The summed E-state index contributed by atoms with van der Waals surface area (Å²) in [4.78, 5) is 14.2. The molecule has 0 aliphatic heterocycles. The van der Waals surface area contributed by atoms with Gasteiger partial charge in [-0.15, -0.1) is 0 Å². The van der Waals surface area contributed by atoms with Crippen LogP contribution >= 0.6 is 0 Å². The zero-order valence-electron chi connectivity index (χ0n) is 11.0. The molecule has 1 heterocycles. The highest BCUT2D eigenvalue weighted by molar-refractivity contribution is 5.63. The molecule has 0 unspecified atom stereocenters. The molecule has 1 aromatic heterocycles. The van der Waals surface area contributed by atoms with Crippen molar-refractivity contribution in [3.8, 4) is 5.75 Å². The molecule has 110 valence electrons. The summed E-state index contributed by atoms with van der Waals surface area (Å²) in [5, 5.41) is 13.5. The molecule has 0 amide bonds. The van der Waals surface area contributed by atoms with Crippen LogP contribution in [0.4, 0.5) is 27.4 Å². The smallest absolute Gasteiger partial charge is 0.276 e. The number of benzene rings is 1. The summed E-state index contributed by atoms with van der Waals surface area (Å²) < 4.78 is 18.7. The number of nitro groups is 1. The zero-order chi connectivity index (χ0) is 15.4. The van der Waals surface area contributed by atoms with Crippen LogP contribution in [0.15, 0.2) is 30.3 Å². The molecule has 0 aliphatic rings. The second-order valence-corrected chi connectivity index (χ2v) is 3.97. The highest BCUT2D eigenvalue weighted by Gasteiger charge is 2.12. The third kappa shape index (κ3) is 3.34. The van der Waals surface area contributed by atoms with Gasteiger partial charge in [-0.1, -0.05) is 0 Å². The number of hydrogen-bond acceptors (Lipinski definition) is 7. The number of halogens is 1. The molecule has 0 aliphatic carbocycles. The van der Waals surface area contributed by atoms with Crippen molar-refractivity contribution in [2.24, 2.45) is 5.84 Å². The number of nitrogens with two attached hydrogens (primary N) is 1. The van der Waals surface area contributed by atoms with Gasteiger partial charge in [0.15, 0.2) is 0 Å². The molecule has 1 aromatic carbocycles. The third-order valence-electron chi connectivity index (χ3n) is 2.61. The molecule has 0 fully saturated rings. The van der Waals surface area contributed by atoms with E-state index in [9.17, 15) is 14.5 Å². The Balaban J connectivity index is 2.39. The van der Waals surface area contributed by atoms with Gasteiger partial charge < -0.3 is 15.5 Å². The Hall–Kier alpha value is -2.94. The number of hydrazine groups is 1. The molecule has 4 N–H and O–H groups in total. The van der Waals surface area contributed by atoms with Gasteiger partial charge in [0, 0.05) is 6.07 Å². The minimum absolute atomic E-state index is 0.0734. The maximum Gasteiger partial charge on any atom is 0.276 e. The van der Waals surface area contributed by atoms with E-state index in [1.807, 2.05) is 0 Å². The van der Waals surface area contributed by atoms with Crippen LogP contribution in [0.1, 0.15) is 0 Å². The van der Waals surface area contributed by atoms with Crippen molar-refractivity contribution in [3.05, 3.63) is 46.3 Å². The van der Waals surface area contributed by atoms with Crippen molar-refractivity contribution in [2.75, 3.05) is 17.9 Å². The van der Waals surface area contributed by atoms with Crippen molar-refractivity contribution in [3.63, 3.8) is 0 Å². The van der Waals surface area contributed by atoms with E-state index in [2.05, 4.69) is 15.7 Å². The fourth-order valence-electron chi connectivity index (χ4n) is 1.62. The predicted octanol–water partition coefficient (Wildman–Crippen LogP) is 2.17. The first-order valence-corrected chi connectivity index (χ1v) is 5.77. The third-order valence-corrected chi connectivity index (χ3v) is 2.61. The number of nitrogen functional groups attached to an aromatic ring is 1. The lowest BCUT2D eigenvalue weighted by molar-refractivity contribution is -0.384. The molecule has 0 atom stereocenters. The van der Waals surface area contributed by atoms with E-state index in [0.29, 0.717) is 5.75 Å². The number of nitrogens with one attached hydrogen (secondary N) is 2. The molecular formula is C12H12FN5O3. The van der Waals surface area contributed by atoms with Crippen LogP contribution in [0.5, 0.6) is 5.75 Å². The lowest BCUT2D eigenvalue weighted by Crippen LogP contribution is -2.10. The Morgan fingerprint density at radius 2 is 2.05 bits per heavy atom. The quantitative estimate of drug-likeness (QED) is 0.439. The molecule has 2 rings (SSSR count). The zero-order valence-corrected chi connectivity index (χ0v) is 11.0. The van der Waals surface area contributed by atoms with Gasteiger partial charge in [-0.3, -0.25) is 10.1 Å². The second kappa shape index (κ2) is 6.01. The number of ether oxygens (including phenoxy) is 1. The Kier molecular flexibility index (Phi) is 4.14. The summed E-state index contributed by atoms with van der Waals surface area (Å²) in [6, 6.07) is 6.40. The summed E-state index contributed by atoms with van der Waals surface area (Å²) in [5.74, 6) is 5.23. The molecule has 0 saturated heterocycles. The SMILES string of the molecule is COc1ccc(F)c(Nc2cc([N+](=O)[O-])cc(NN)n2)c1. The fourth-order valence-corrected chi connectivity index (χ4v) is 1.62. The summed E-state index contributed by atoms with van der Waals surface area (Å²) in [7, 11) is 1.44. The normalized spacial score (nSPS) is 10.0. The largest absolute Gasteiger partial charge is 0.497 e. The van der Waals surface area contributed by atoms with Gasteiger partial charge in [-0.2, -0.15) is 0 Å². The van der Waals surface area contributed by atoms with E-state index in [1.165, 1.54) is 31.4 Å². The van der Waals surface area contributed by atoms with Gasteiger partial charge in [0.2, 0.25) is 0 Å². The monoisotopic (exact) mass is 293 g/mol. The average Bonchev–Trinajstić information content (AvgIpc) is 2.49. The molecule has 2 aromatic rings. The second-order valence-electron chi connectivity index (χ2n) is 3.97. The first-order valence-electron chi connectivity index (χ1n) is 5.77. The highest BCUT2D eigenvalue weighted by Crippen LogP contribution is 2.27. The van der Waals surface area contributed by atoms with Gasteiger partial charge in [0.1, 0.15) is 23.2 Å². The Labute approximate surface area is 118 Å². The van der Waals surface area contributed by atoms with Crippen LogP contribution in [0.3, 0.4) is 0 Å². The Morgan fingerprint density at radius 3 is 2.67 bits per heavy atom. The number of anilines is 3. The van der Waals surface area contributed by atoms with E-state index < -0.39 is 10.7 Å². The number of rotatable bonds is 5. The number of hydrogen-bond donors (Lipinski definition) is 3. The summed E-state index contributed by atoms with van der Waals surface area (Å²) >= 11 is 0. The maximum absolute atomic E-state index is 13.7. The molecular weight excluding hydrogens is 281 g/mol. The van der Waals surface area contributed by atoms with Crippen LogP contribution < -0.4 is 21.3 Å². The van der Waals surface area contributed by atoms with E-state index in [0.717, 1.165) is 6.07 Å². The van der Waals surface area contributed by atoms with Gasteiger partial charge in [-0.05, 0) is 12.1 Å². The number of pyridine rings is 1. The van der Waals surface area contributed by atoms with E-state index >= 15 is 0 Å². The maximum atomic E-state index is 13.7. The van der Waals surface area contributed by atoms with Crippen LogP contribution in [0, 0.1) is 15.9 Å². The van der Waals surface area contributed by atoms with Gasteiger partial charge in [0.25, 0.3) is 5.69 Å². The predicted molar refractivity (Wildman–Crippen MR) is 74.9 cm³/mol. The molecule has 0 bridgehead atoms. The minimum atomic E-state index is -0.602. The lowest BCUT2D eigenvalue weighted by Gasteiger charge is -2.10. The molecule has 9 heteroatoms. The molecule has 0 spiro atoms. The lowest BCUT2D eigenvalue weighted by atomic mass is 10.2. The van der Waals surface area contributed by atoms with E-state index in [4.69, 9.17) is 10.6 Å². The standard InChI is InChI=1S/C12H12FN5O3/c1-21-8-2-3-9(13)10(6-8)15-11-4-7(18(19)20)5-12(16-11)17-14/h2-6H,14H2,1H3,(H2,15,16,17). The first-order chi connectivity index (χ1) is 10.0. The minimum Gasteiger partial charge on any atom is -0.497 e. The number of nitrogens with zero attached hydrogens (tertiary/aromatic N) is 2. The van der Waals surface area contributed by atoms with Crippen LogP contribution in [-0.2, 0) is 0 Å². The van der Waals surface area contributed by atoms with Gasteiger partial charge >= 0.3 is 0 Å². The molecule has 8 nitrogen and oxygen atoms in total. The number of aromatic nitrogens is 1. The van der Waals surface area contributed by atoms with Crippen molar-refractivity contribution in [1.82, 2.24) is 4.98 Å². The van der Waals surface area contributed by atoms with Crippen molar-refractivity contribution >= 4 is 23.0 Å². The van der Waals surface area contributed by atoms with Crippen molar-refractivity contribution < 1.29 is 14.1 Å². The molecule has 21 heavy (non-hydrogen) atoms. The summed E-state index contributed by atoms with van der Waals surface area (Å²) in [6.07, 6.45) is 0. The Morgan fingerprint density at radius 1 is 1.33 bits per heavy atom. The van der Waals surface area contributed by atoms with E-state index in [1.54, 1.807) is 0 Å². The molecule has 0 saturated carbocycles. The van der Waals surface area contributed by atoms with Crippen LogP contribution in [-0.4, -0.2) is 17.0 Å². The summed E-state index contributed by atoms with van der Waals surface area (Å²) in [5.41, 5.74) is 2.05. The van der Waals surface area contributed by atoms with Crippen LogP contribution in [0.2, 0.25) is 0 Å². The molecule has 0 radical (unpaired) electrons. The summed E-state index contributed by atoms with van der Waals surface area (Å²) in [6.45, 7) is 0. The van der Waals surface area contributed by atoms with Gasteiger partial charge in [-0.25, -0.2) is 15.2 Å². The number of methoxy groups -OCH3 is 1. The fraction of sp³-hybridized carbons (Fsp3) is 0.0833. The van der Waals surface area contributed by atoms with E-state index in [-0.39, 0.29) is 23.0 Å². The van der Waals surface area contributed by atoms with Crippen LogP contribution in [0.25, 0.3) is 0 Å². The Bertz CT molecular complexity index is 680. The first kappa shape index (κ1) is 14.5. The highest BCUT2D eigenvalue weighted by atomic mass is 19.1. The van der Waals surface area contributed by atoms with Crippen molar-refractivity contribution in [1.29, 1.82) is 0 Å². The van der Waals surface area contributed by atoms with Crippen molar-refractivity contribution in [2.45, 2.75) is 0 Å². The topological polar surface area (TPSA) is 115 Å².